The molecule has 0 radical (unpaired) electrons. The molecule has 0 saturated heterocycles. The van der Waals surface area contributed by atoms with E-state index in [0.717, 1.165) is 0 Å². The van der Waals surface area contributed by atoms with Crippen LogP contribution >= 0.6 is 11.6 Å². The first kappa shape index (κ1) is 18.0. The summed E-state index contributed by atoms with van der Waals surface area (Å²) in [5.41, 5.74) is 1.92. The van der Waals surface area contributed by atoms with E-state index >= 15 is 0 Å². The molecule has 6 heteroatoms. The molecule has 1 N–H and O–H groups in total. The normalized spacial score (nSPS) is 10.3. The maximum Gasteiger partial charge on any atom is 0.262 e. The Morgan fingerprint density at radius 1 is 1.12 bits per heavy atom. The third-order valence-corrected chi connectivity index (χ3v) is 3.51. The van der Waals surface area contributed by atoms with Crippen LogP contribution < -0.4 is 10.1 Å². The van der Waals surface area contributed by atoms with Gasteiger partial charge in [-0.2, -0.15) is 0 Å². The molecule has 0 atom stereocenters. The van der Waals surface area contributed by atoms with Crippen molar-refractivity contribution < 1.29 is 19.1 Å². The topological polar surface area (TPSA) is 64.6 Å². The Balaban J connectivity index is 2.01. The van der Waals surface area contributed by atoms with E-state index in [1.807, 2.05) is 0 Å². The summed E-state index contributed by atoms with van der Waals surface area (Å²) in [5.74, 6) is 0.170. The predicted molar refractivity (Wildman–Crippen MR) is 92.7 cm³/mol. The van der Waals surface area contributed by atoms with Crippen molar-refractivity contribution in [1.29, 1.82) is 0 Å². The molecule has 5 nitrogen and oxygen atoms in total. The number of hydrogen-bond donors (Lipinski definition) is 1. The zero-order valence-electron chi connectivity index (χ0n) is 13.5. The minimum Gasteiger partial charge on any atom is -0.483 e. The number of carbonyl (C=O) groups is 2. The highest BCUT2D eigenvalue weighted by atomic mass is 35.5. The number of amides is 1. The van der Waals surface area contributed by atoms with Crippen LogP contribution in [0.3, 0.4) is 0 Å². The van der Waals surface area contributed by atoms with Crippen LogP contribution in [-0.4, -0.2) is 25.4 Å². The van der Waals surface area contributed by atoms with Crippen LogP contribution in [0.15, 0.2) is 42.5 Å². The number of Topliss-reactive ketones (excluding diaryl/α,β-unsaturated/α-hetero) is 1. The molecule has 0 aliphatic heterocycles. The van der Waals surface area contributed by atoms with Gasteiger partial charge in [0.05, 0.1) is 6.61 Å². The predicted octanol–water partition coefficient (Wildman–Crippen LogP) is 3.71. The highest BCUT2D eigenvalue weighted by Gasteiger charge is 2.10. The molecule has 1 amide bonds. The van der Waals surface area contributed by atoms with E-state index < -0.39 is 0 Å². The standard InChI is InChI=1S/C18H18ClNO4/c1-12(21)13-3-8-17(14(9-13)10-23-2)24-11-18(22)20-16-6-4-15(19)5-7-16/h3-9H,10-11H2,1-2H3,(H,20,22). The Hall–Kier alpha value is -2.37. The van der Waals surface area contributed by atoms with E-state index in [1.165, 1.54) is 6.92 Å². The van der Waals surface area contributed by atoms with Crippen molar-refractivity contribution in [1.82, 2.24) is 0 Å². The number of nitrogens with one attached hydrogen (secondary N) is 1. The second-order valence-corrected chi connectivity index (χ2v) is 5.59. The van der Waals surface area contributed by atoms with Gasteiger partial charge < -0.3 is 14.8 Å². The number of ketones is 1. The zero-order chi connectivity index (χ0) is 17.5. The highest BCUT2D eigenvalue weighted by Crippen LogP contribution is 2.22. The van der Waals surface area contributed by atoms with E-state index in [-0.39, 0.29) is 24.9 Å². The van der Waals surface area contributed by atoms with Gasteiger partial charge in [0.25, 0.3) is 5.91 Å². The minimum atomic E-state index is -0.295. The van der Waals surface area contributed by atoms with Crippen molar-refractivity contribution in [3.8, 4) is 5.75 Å². The summed E-state index contributed by atoms with van der Waals surface area (Å²) >= 11 is 5.80. The van der Waals surface area contributed by atoms with Crippen LogP contribution in [0.5, 0.6) is 5.75 Å². The largest absolute Gasteiger partial charge is 0.483 e. The van der Waals surface area contributed by atoms with Gasteiger partial charge in [0.2, 0.25) is 0 Å². The van der Waals surface area contributed by atoms with Gasteiger partial charge in [-0.15, -0.1) is 0 Å². The van der Waals surface area contributed by atoms with Gasteiger partial charge in [0, 0.05) is 28.9 Å². The van der Waals surface area contributed by atoms with Crippen LogP contribution in [0.4, 0.5) is 5.69 Å². The number of ether oxygens (including phenoxy) is 2. The van der Waals surface area contributed by atoms with Crippen LogP contribution in [0.1, 0.15) is 22.8 Å². The molecule has 2 aromatic rings. The van der Waals surface area contributed by atoms with Gasteiger partial charge in [-0.25, -0.2) is 0 Å². The second kappa shape index (κ2) is 8.47. The van der Waals surface area contributed by atoms with E-state index in [0.29, 0.717) is 27.6 Å². The van der Waals surface area contributed by atoms with Crippen molar-refractivity contribution >= 4 is 29.0 Å². The molecule has 0 bridgehead atoms. The van der Waals surface area contributed by atoms with Crippen LogP contribution in [0.25, 0.3) is 0 Å². The molecular formula is C18H18ClNO4. The van der Waals surface area contributed by atoms with Gasteiger partial charge in [0.1, 0.15) is 5.75 Å². The fourth-order valence-corrected chi connectivity index (χ4v) is 2.21. The average Bonchev–Trinajstić information content (AvgIpc) is 2.56. The first-order valence-corrected chi connectivity index (χ1v) is 7.68. The lowest BCUT2D eigenvalue weighted by Gasteiger charge is -2.12. The fourth-order valence-electron chi connectivity index (χ4n) is 2.08. The number of benzene rings is 2. The van der Waals surface area contributed by atoms with E-state index in [2.05, 4.69) is 5.32 Å². The summed E-state index contributed by atoms with van der Waals surface area (Å²) in [5, 5.41) is 3.31. The van der Waals surface area contributed by atoms with Crippen molar-refractivity contribution in [2.45, 2.75) is 13.5 Å². The number of carbonyl (C=O) groups excluding carboxylic acids is 2. The molecule has 0 unspecified atom stereocenters. The highest BCUT2D eigenvalue weighted by molar-refractivity contribution is 6.30. The Labute approximate surface area is 145 Å². The Morgan fingerprint density at radius 2 is 1.83 bits per heavy atom. The maximum absolute atomic E-state index is 12.0. The van der Waals surface area contributed by atoms with Gasteiger partial charge in [-0.3, -0.25) is 9.59 Å². The van der Waals surface area contributed by atoms with Crippen molar-refractivity contribution in [3.05, 3.63) is 58.6 Å². The summed E-state index contributed by atoms with van der Waals surface area (Å²) in [6.45, 7) is 1.63. The van der Waals surface area contributed by atoms with E-state index in [4.69, 9.17) is 21.1 Å². The molecule has 24 heavy (non-hydrogen) atoms. The molecule has 0 spiro atoms. The van der Waals surface area contributed by atoms with Gasteiger partial charge in [0.15, 0.2) is 12.4 Å². The lowest BCUT2D eigenvalue weighted by molar-refractivity contribution is -0.118. The molecule has 0 saturated carbocycles. The molecule has 0 fully saturated rings. The first-order valence-electron chi connectivity index (χ1n) is 7.30. The summed E-state index contributed by atoms with van der Waals surface area (Å²) < 4.78 is 10.7. The number of rotatable bonds is 7. The fraction of sp³-hybridized carbons (Fsp3) is 0.222. The molecule has 0 aromatic heterocycles. The number of anilines is 1. The van der Waals surface area contributed by atoms with Crippen LogP contribution in [0.2, 0.25) is 5.02 Å². The summed E-state index contributed by atoms with van der Waals surface area (Å²) in [6.07, 6.45) is 0. The smallest absolute Gasteiger partial charge is 0.262 e. The van der Waals surface area contributed by atoms with E-state index in [9.17, 15) is 9.59 Å². The van der Waals surface area contributed by atoms with Crippen molar-refractivity contribution in [2.24, 2.45) is 0 Å². The lowest BCUT2D eigenvalue weighted by Crippen LogP contribution is -2.20. The van der Waals surface area contributed by atoms with Crippen molar-refractivity contribution in [2.75, 3.05) is 19.0 Å². The SMILES string of the molecule is COCc1cc(C(C)=O)ccc1OCC(=O)Nc1ccc(Cl)cc1. The van der Waals surface area contributed by atoms with Gasteiger partial charge in [-0.1, -0.05) is 11.6 Å². The Kier molecular flexibility index (Phi) is 6.35. The van der Waals surface area contributed by atoms with Gasteiger partial charge in [-0.05, 0) is 49.4 Å². The van der Waals surface area contributed by atoms with E-state index in [1.54, 1.807) is 49.6 Å². The Morgan fingerprint density at radius 3 is 2.46 bits per heavy atom. The molecule has 0 aliphatic rings. The monoisotopic (exact) mass is 347 g/mol. The summed E-state index contributed by atoms with van der Waals surface area (Å²) in [6, 6.07) is 11.8. The molecular weight excluding hydrogens is 330 g/mol. The Bertz CT molecular complexity index is 728. The quantitative estimate of drug-likeness (QED) is 0.775. The summed E-state index contributed by atoms with van der Waals surface area (Å²) in [7, 11) is 1.55. The molecule has 0 aliphatic carbocycles. The lowest BCUT2D eigenvalue weighted by atomic mass is 10.1. The third kappa shape index (κ3) is 5.08. The molecule has 2 rings (SSSR count). The molecule has 0 heterocycles. The van der Waals surface area contributed by atoms with Crippen molar-refractivity contribution in [3.63, 3.8) is 0 Å². The number of methoxy groups -OCH3 is 1. The van der Waals surface area contributed by atoms with Gasteiger partial charge >= 0.3 is 0 Å². The third-order valence-electron chi connectivity index (χ3n) is 3.25. The summed E-state index contributed by atoms with van der Waals surface area (Å²) in [4.78, 5) is 23.4. The second-order valence-electron chi connectivity index (χ2n) is 5.16. The molecule has 126 valence electrons. The zero-order valence-corrected chi connectivity index (χ0v) is 14.2. The van der Waals surface area contributed by atoms with Crippen LogP contribution in [-0.2, 0) is 16.1 Å². The number of halogens is 1. The number of hydrogen-bond acceptors (Lipinski definition) is 4. The average molecular weight is 348 g/mol. The van der Waals surface area contributed by atoms with Crippen LogP contribution in [0, 0.1) is 0 Å². The first-order chi connectivity index (χ1) is 11.5. The maximum atomic E-state index is 12.0. The molecule has 2 aromatic carbocycles. The minimum absolute atomic E-state index is 0.0422.